The third kappa shape index (κ3) is 2.92. The van der Waals surface area contributed by atoms with E-state index in [4.69, 9.17) is 9.84 Å². The molecule has 1 aliphatic rings. The molecular formula is C14H18N2O5. The summed E-state index contributed by atoms with van der Waals surface area (Å²) in [6.07, 6.45) is 0. The second-order valence-corrected chi connectivity index (χ2v) is 4.54. The maximum Gasteiger partial charge on any atom is 0.339 e. The fraction of sp³-hybridized carbons (Fsp3) is 0.429. The van der Waals surface area contributed by atoms with Crippen LogP contribution in [0.3, 0.4) is 0 Å². The number of fused-ring (bicyclic) bond motifs is 1. The number of likely N-dealkylation sites (N-methyl/N-ethyl adjacent to an activating group) is 1. The van der Waals surface area contributed by atoms with Gasteiger partial charge in [-0.25, -0.2) is 9.59 Å². The number of amides is 2. The summed E-state index contributed by atoms with van der Waals surface area (Å²) in [4.78, 5) is 26.7. The molecular weight excluding hydrogens is 276 g/mol. The first-order valence-corrected chi connectivity index (χ1v) is 6.76. The standard InChI is InChI=1S/C14H18N2O5/c1-2-15(6-8-17)14(20)16-7-9-21-12-10(13(18)19)4-3-5-11(12)16/h3-5,17H,2,6-9H2,1H3,(H,18,19). The lowest BCUT2D eigenvalue weighted by atomic mass is 10.1. The summed E-state index contributed by atoms with van der Waals surface area (Å²) in [6, 6.07) is 4.42. The van der Waals surface area contributed by atoms with Crippen LogP contribution < -0.4 is 9.64 Å². The number of carbonyl (C=O) groups is 2. The average molecular weight is 294 g/mol. The number of aliphatic hydroxyl groups is 1. The Kier molecular flexibility index (Phi) is 4.64. The highest BCUT2D eigenvalue weighted by atomic mass is 16.5. The van der Waals surface area contributed by atoms with Crippen LogP contribution in [-0.4, -0.2) is 60.0 Å². The summed E-state index contributed by atoms with van der Waals surface area (Å²) in [5.41, 5.74) is 0.484. The number of aromatic carboxylic acids is 1. The van der Waals surface area contributed by atoms with Crippen LogP contribution in [0, 0.1) is 0 Å². The first-order valence-electron chi connectivity index (χ1n) is 6.76. The molecule has 2 N–H and O–H groups in total. The number of benzene rings is 1. The van der Waals surface area contributed by atoms with E-state index in [1.54, 1.807) is 12.1 Å². The Hall–Kier alpha value is -2.28. The minimum atomic E-state index is -1.09. The molecule has 0 radical (unpaired) electrons. The van der Waals surface area contributed by atoms with E-state index in [0.717, 1.165) is 0 Å². The van der Waals surface area contributed by atoms with Crippen LogP contribution in [0.15, 0.2) is 18.2 Å². The molecule has 1 heterocycles. The molecule has 0 unspecified atom stereocenters. The summed E-state index contributed by atoms with van der Waals surface area (Å²) >= 11 is 0. The molecule has 1 aromatic rings. The van der Waals surface area contributed by atoms with E-state index < -0.39 is 5.97 Å². The van der Waals surface area contributed by atoms with Crippen LogP contribution in [0.4, 0.5) is 10.5 Å². The van der Waals surface area contributed by atoms with Crippen LogP contribution in [-0.2, 0) is 0 Å². The number of hydrogen-bond acceptors (Lipinski definition) is 4. The number of nitrogens with zero attached hydrogens (tertiary/aromatic N) is 2. The number of urea groups is 1. The number of hydrogen-bond donors (Lipinski definition) is 2. The van der Waals surface area contributed by atoms with Gasteiger partial charge in [0, 0.05) is 13.1 Å². The van der Waals surface area contributed by atoms with E-state index >= 15 is 0 Å². The number of aliphatic hydroxyl groups excluding tert-OH is 1. The highest BCUT2D eigenvalue weighted by Gasteiger charge is 2.29. The summed E-state index contributed by atoms with van der Waals surface area (Å²) in [7, 11) is 0. The fourth-order valence-corrected chi connectivity index (χ4v) is 2.30. The zero-order chi connectivity index (χ0) is 15.4. The van der Waals surface area contributed by atoms with Crippen LogP contribution in [0.25, 0.3) is 0 Å². The van der Waals surface area contributed by atoms with Crippen molar-refractivity contribution in [3.05, 3.63) is 23.8 Å². The molecule has 0 atom stereocenters. The number of rotatable bonds is 4. The lowest BCUT2D eigenvalue weighted by Crippen LogP contribution is -2.47. The fourth-order valence-electron chi connectivity index (χ4n) is 2.30. The van der Waals surface area contributed by atoms with Crippen molar-refractivity contribution in [2.75, 3.05) is 37.7 Å². The number of carbonyl (C=O) groups excluding carboxylic acids is 1. The molecule has 0 aliphatic carbocycles. The average Bonchev–Trinajstić information content (AvgIpc) is 2.50. The molecule has 1 aromatic carbocycles. The Morgan fingerprint density at radius 2 is 2.19 bits per heavy atom. The van der Waals surface area contributed by atoms with Crippen molar-refractivity contribution in [3.63, 3.8) is 0 Å². The van der Waals surface area contributed by atoms with E-state index in [1.165, 1.54) is 15.9 Å². The summed E-state index contributed by atoms with van der Waals surface area (Å²) < 4.78 is 5.43. The van der Waals surface area contributed by atoms with E-state index in [9.17, 15) is 14.7 Å². The predicted molar refractivity (Wildman–Crippen MR) is 76.0 cm³/mol. The van der Waals surface area contributed by atoms with Gasteiger partial charge in [-0.3, -0.25) is 4.90 Å². The van der Waals surface area contributed by atoms with Crippen molar-refractivity contribution in [2.24, 2.45) is 0 Å². The maximum atomic E-state index is 12.5. The number of para-hydroxylation sites is 1. The van der Waals surface area contributed by atoms with E-state index in [1.807, 2.05) is 6.92 Å². The Morgan fingerprint density at radius 1 is 1.43 bits per heavy atom. The van der Waals surface area contributed by atoms with Crippen molar-refractivity contribution in [1.29, 1.82) is 0 Å². The van der Waals surface area contributed by atoms with E-state index in [2.05, 4.69) is 0 Å². The topological polar surface area (TPSA) is 90.3 Å². The number of carboxylic acids is 1. The number of anilines is 1. The van der Waals surface area contributed by atoms with Gasteiger partial charge in [0.2, 0.25) is 0 Å². The van der Waals surface area contributed by atoms with Gasteiger partial charge in [0.25, 0.3) is 0 Å². The molecule has 114 valence electrons. The Labute approximate surface area is 122 Å². The largest absolute Gasteiger partial charge is 0.489 e. The zero-order valence-corrected chi connectivity index (χ0v) is 11.8. The van der Waals surface area contributed by atoms with Gasteiger partial charge in [-0.05, 0) is 19.1 Å². The van der Waals surface area contributed by atoms with Crippen molar-refractivity contribution in [3.8, 4) is 5.75 Å². The van der Waals surface area contributed by atoms with Crippen LogP contribution in [0.1, 0.15) is 17.3 Å². The van der Waals surface area contributed by atoms with Gasteiger partial charge in [-0.2, -0.15) is 0 Å². The molecule has 7 nitrogen and oxygen atoms in total. The molecule has 0 fully saturated rings. The molecule has 0 spiro atoms. The van der Waals surface area contributed by atoms with Crippen molar-refractivity contribution >= 4 is 17.7 Å². The Morgan fingerprint density at radius 3 is 2.81 bits per heavy atom. The molecule has 1 aliphatic heterocycles. The van der Waals surface area contributed by atoms with Gasteiger partial charge in [0.15, 0.2) is 5.75 Å². The van der Waals surface area contributed by atoms with Crippen LogP contribution >= 0.6 is 0 Å². The molecule has 21 heavy (non-hydrogen) atoms. The Balaban J connectivity index is 2.36. The summed E-state index contributed by atoms with van der Waals surface area (Å²) in [5.74, 6) is -0.881. The predicted octanol–water partition coefficient (Wildman–Crippen LogP) is 1.02. The van der Waals surface area contributed by atoms with Crippen LogP contribution in [0.5, 0.6) is 5.75 Å². The lowest BCUT2D eigenvalue weighted by molar-refractivity contribution is 0.0691. The summed E-state index contributed by atoms with van der Waals surface area (Å²) in [6.45, 7) is 2.98. The molecule has 2 amide bonds. The second kappa shape index (κ2) is 6.45. The smallest absolute Gasteiger partial charge is 0.339 e. The van der Waals surface area contributed by atoms with Gasteiger partial charge >= 0.3 is 12.0 Å². The molecule has 0 bridgehead atoms. The zero-order valence-electron chi connectivity index (χ0n) is 11.8. The monoisotopic (exact) mass is 294 g/mol. The molecule has 7 heteroatoms. The highest BCUT2D eigenvalue weighted by molar-refractivity contribution is 5.99. The molecule has 0 saturated heterocycles. The highest BCUT2D eigenvalue weighted by Crippen LogP contribution is 2.35. The van der Waals surface area contributed by atoms with E-state index in [-0.39, 0.29) is 37.1 Å². The molecule has 2 rings (SSSR count). The maximum absolute atomic E-state index is 12.5. The third-order valence-electron chi connectivity index (χ3n) is 3.33. The lowest BCUT2D eigenvalue weighted by Gasteiger charge is -2.34. The number of carboxylic acid groups (broad SMARTS) is 1. The Bertz CT molecular complexity index is 546. The van der Waals surface area contributed by atoms with E-state index in [0.29, 0.717) is 18.8 Å². The SMILES string of the molecule is CCN(CCO)C(=O)N1CCOc2c(C(=O)O)cccc21. The van der Waals surface area contributed by atoms with Crippen molar-refractivity contribution < 1.29 is 24.5 Å². The first kappa shape index (κ1) is 15.1. The molecule has 0 aromatic heterocycles. The van der Waals surface area contributed by atoms with Crippen molar-refractivity contribution in [2.45, 2.75) is 6.92 Å². The second-order valence-electron chi connectivity index (χ2n) is 4.54. The van der Waals surface area contributed by atoms with Gasteiger partial charge in [-0.1, -0.05) is 6.07 Å². The van der Waals surface area contributed by atoms with Gasteiger partial charge in [0.05, 0.1) is 18.8 Å². The van der Waals surface area contributed by atoms with Gasteiger partial charge in [0.1, 0.15) is 12.2 Å². The third-order valence-corrected chi connectivity index (χ3v) is 3.33. The summed E-state index contributed by atoms with van der Waals surface area (Å²) in [5, 5.41) is 18.2. The quantitative estimate of drug-likeness (QED) is 0.865. The minimum absolute atomic E-state index is 0.0372. The normalized spacial score (nSPS) is 13.3. The molecule has 0 saturated carbocycles. The van der Waals surface area contributed by atoms with Gasteiger partial charge in [-0.15, -0.1) is 0 Å². The van der Waals surface area contributed by atoms with Crippen LogP contribution in [0.2, 0.25) is 0 Å². The number of ether oxygens (including phenoxy) is 1. The minimum Gasteiger partial charge on any atom is -0.489 e. The first-order chi connectivity index (χ1) is 10.1. The van der Waals surface area contributed by atoms with Gasteiger partial charge < -0.3 is 19.8 Å². The van der Waals surface area contributed by atoms with Crippen molar-refractivity contribution in [1.82, 2.24) is 4.90 Å².